The molecule has 2 atom stereocenters. The van der Waals surface area contributed by atoms with Crippen molar-refractivity contribution in [2.75, 3.05) is 6.61 Å². The molecule has 1 fully saturated rings. The second-order valence-electron chi connectivity index (χ2n) is 6.45. The Kier molecular flexibility index (Phi) is 5.27. The summed E-state index contributed by atoms with van der Waals surface area (Å²) < 4.78 is 5.75. The van der Waals surface area contributed by atoms with Gasteiger partial charge in [-0.2, -0.15) is 0 Å². The van der Waals surface area contributed by atoms with Crippen molar-refractivity contribution in [1.29, 1.82) is 0 Å². The Labute approximate surface area is 128 Å². The van der Waals surface area contributed by atoms with Gasteiger partial charge in [0.15, 0.2) is 6.61 Å². The number of aryl methyl sites for hydroxylation is 3. The summed E-state index contributed by atoms with van der Waals surface area (Å²) >= 11 is 0. The Bertz CT molecular complexity index is 487. The molecule has 0 bridgehead atoms. The Balaban J connectivity index is 1.89. The predicted molar refractivity (Wildman–Crippen MR) is 85.7 cm³/mol. The average molecular weight is 289 g/mol. The smallest absolute Gasteiger partial charge is 0.258 e. The van der Waals surface area contributed by atoms with E-state index in [0.717, 1.165) is 23.3 Å². The van der Waals surface area contributed by atoms with Crippen molar-refractivity contribution in [2.24, 2.45) is 5.92 Å². The highest BCUT2D eigenvalue weighted by Crippen LogP contribution is 2.25. The predicted octanol–water partition coefficient (Wildman–Crippen LogP) is 3.69. The van der Waals surface area contributed by atoms with Gasteiger partial charge in [0.05, 0.1) is 0 Å². The molecule has 1 aliphatic carbocycles. The van der Waals surface area contributed by atoms with E-state index >= 15 is 0 Å². The summed E-state index contributed by atoms with van der Waals surface area (Å²) in [5.41, 5.74) is 3.40. The van der Waals surface area contributed by atoms with E-state index in [1.165, 1.54) is 24.8 Å². The molecule has 1 N–H and O–H groups in total. The van der Waals surface area contributed by atoms with Gasteiger partial charge in [0.25, 0.3) is 5.91 Å². The molecule has 21 heavy (non-hydrogen) atoms. The lowest BCUT2D eigenvalue weighted by atomic mass is 9.86. The van der Waals surface area contributed by atoms with Gasteiger partial charge in [0, 0.05) is 6.04 Å². The highest BCUT2D eigenvalue weighted by molar-refractivity contribution is 5.78. The van der Waals surface area contributed by atoms with Crippen molar-refractivity contribution < 1.29 is 9.53 Å². The Morgan fingerprint density at radius 2 is 1.81 bits per heavy atom. The zero-order chi connectivity index (χ0) is 15.4. The molecule has 1 aromatic carbocycles. The maximum Gasteiger partial charge on any atom is 0.258 e. The van der Waals surface area contributed by atoms with E-state index in [9.17, 15) is 4.79 Å². The summed E-state index contributed by atoms with van der Waals surface area (Å²) in [5, 5.41) is 3.13. The van der Waals surface area contributed by atoms with Crippen LogP contribution in [0.15, 0.2) is 12.1 Å². The largest absolute Gasteiger partial charge is 0.483 e. The quantitative estimate of drug-likeness (QED) is 0.918. The number of nitrogens with one attached hydrogen (secondary N) is 1. The molecule has 0 aliphatic heterocycles. The van der Waals surface area contributed by atoms with Crippen LogP contribution in [-0.4, -0.2) is 18.6 Å². The number of hydrogen-bond acceptors (Lipinski definition) is 2. The first kappa shape index (κ1) is 15.9. The first-order valence-electron chi connectivity index (χ1n) is 7.97. The van der Waals surface area contributed by atoms with E-state index in [-0.39, 0.29) is 12.5 Å². The van der Waals surface area contributed by atoms with Gasteiger partial charge < -0.3 is 10.1 Å². The molecule has 0 saturated heterocycles. The number of benzene rings is 1. The van der Waals surface area contributed by atoms with Crippen LogP contribution in [0.2, 0.25) is 0 Å². The van der Waals surface area contributed by atoms with E-state index in [1.54, 1.807) is 0 Å². The molecule has 1 aliphatic rings. The SMILES string of the molecule is Cc1cc(C)c(OCC(=O)N[C@H]2CCCC[C@@H]2C)c(C)c1. The Morgan fingerprint density at radius 3 is 2.43 bits per heavy atom. The molecule has 1 aromatic rings. The first-order chi connectivity index (χ1) is 9.97. The van der Waals surface area contributed by atoms with Crippen LogP contribution in [0.1, 0.15) is 49.3 Å². The van der Waals surface area contributed by atoms with Gasteiger partial charge in [-0.05, 0) is 50.7 Å². The van der Waals surface area contributed by atoms with Gasteiger partial charge in [-0.15, -0.1) is 0 Å². The second-order valence-corrected chi connectivity index (χ2v) is 6.45. The number of ether oxygens (including phenoxy) is 1. The standard InChI is InChI=1S/C18H27NO2/c1-12-9-14(3)18(15(4)10-12)21-11-17(20)19-16-8-6-5-7-13(16)2/h9-10,13,16H,5-8,11H2,1-4H3,(H,19,20)/t13-,16-/m0/s1. The third-order valence-electron chi connectivity index (χ3n) is 4.41. The minimum atomic E-state index is -0.00637. The van der Waals surface area contributed by atoms with Gasteiger partial charge in [-0.25, -0.2) is 0 Å². The summed E-state index contributed by atoms with van der Waals surface area (Å²) in [6.45, 7) is 8.45. The minimum Gasteiger partial charge on any atom is -0.483 e. The normalized spacial score (nSPS) is 21.9. The van der Waals surface area contributed by atoms with E-state index in [1.807, 2.05) is 13.8 Å². The fourth-order valence-corrected chi connectivity index (χ4v) is 3.31. The summed E-state index contributed by atoms with van der Waals surface area (Å²) in [6.07, 6.45) is 4.80. The first-order valence-corrected chi connectivity index (χ1v) is 7.97. The van der Waals surface area contributed by atoms with Crippen LogP contribution >= 0.6 is 0 Å². The Morgan fingerprint density at radius 1 is 1.19 bits per heavy atom. The molecule has 0 unspecified atom stereocenters. The molecule has 1 amide bonds. The van der Waals surface area contributed by atoms with E-state index < -0.39 is 0 Å². The monoisotopic (exact) mass is 289 g/mol. The van der Waals surface area contributed by atoms with Gasteiger partial charge in [0.2, 0.25) is 0 Å². The summed E-state index contributed by atoms with van der Waals surface area (Å²) in [6, 6.07) is 4.49. The molecular formula is C18H27NO2. The fraction of sp³-hybridized carbons (Fsp3) is 0.611. The average Bonchev–Trinajstić information content (AvgIpc) is 2.40. The molecule has 116 valence electrons. The maximum absolute atomic E-state index is 12.1. The molecule has 1 saturated carbocycles. The summed E-state index contributed by atoms with van der Waals surface area (Å²) in [5.74, 6) is 1.41. The molecule has 0 heterocycles. The van der Waals surface area contributed by atoms with Crippen LogP contribution in [-0.2, 0) is 4.79 Å². The number of hydrogen-bond donors (Lipinski definition) is 1. The molecule has 0 aromatic heterocycles. The van der Waals surface area contributed by atoms with Gasteiger partial charge in [0.1, 0.15) is 5.75 Å². The zero-order valence-corrected chi connectivity index (χ0v) is 13.7. The van der Waals surface area contributed by atoms with Crippen molar-refractivity contribution in [3.63, 3.8) is 0 Å². The van der Waals surface area contributed by atoms with Crippen molar-refractivity contribution in [3.8, 4) is 5.75 Å². The second kappa shape index (κ2) is 6.97. The van der Waals surface area contributed by atoms with Gasteiger partial charge in [-0.3, -0.25) is 4.79 Å². The fourth-order valence-electron chi connectivity index (χ4n) is 3.31. The van der Waals surface area contributed by atoms with Gasteiger partial charge >= 0.3 is 0 Å². The molecule has 3 nitrogen and oxygen atoms in total. The van der Waals surface area contributed by atoms with E-state index in [4.69, 9.17) is 4.74 Å². The lowest BCUT2D eigenvalue weighted by molar-refractivity contribution is -0.124. The van der Waals surface area contributed by atoms with Crippen LogP contribution in [0, 0.1) is 26.7 Å². The van der Waals surface area contributed by atoms with Crippen molar-refractivity contribution >= 4 is 5.91 Å². The van der Waals surface area contributed by atoms with Crippen LogP contribution in [0.5, 0.6) is 5.75 Å². The van der Waals surface area contributed by atoms with Gasteiger partial charge in [-0.1, -0.05) is 37.5 Å². The van der Waals surface area contributed by atoms with Crippen LogP contribution in [0.4, 0.5) is 0 Å². The molecule has 0 radical (unpaired) electrons. The maximum atomic E-state index is 12.1. The summed E-state index contributed by atoms with van der Waals surface area (Å²) in [4.78, 5) is 12.1. The molecule has 0 spiro atoms. The van der Waals surface area contributed by atoms with Crippen LogP contribution in [0.3, 0.4) is 0 Å². The van der Waals surface area contributed by atoms with E-state index in [0.29, 0.717) is 12.0 Å². The van der Waals surface area contributed by atoms with Crippen molar-refractivity contribution in [3.05, 3.63) is 28.8 Å². The lowest BCUT2D eigenvalue weighted by Crippen LogP contribution is -2.43. The van der Waals surface area contributed by atoms with Crippen LogP contribution < -0.4 is 10.1 Å². The number of carbonyl (C=O) groups excluding carboxylic acids is 1. The zero-order valence-electron chi connectivity index (χ0n) is 13.7. The van der Waals surface area contributed by atoms with Crippen molar-refractivity contribution in [1.82, 2.24) is 5.32 Å². The molecule has 2 rings (SSSR count). The Hall–Kier alpha value is -1.51. The lowest BCUT2D eigenvalue weighted by Gasteiger charge is -2.29. The van der Waals surface area contributed by atoms with Crippen molar-refractivity contribution in [2.45, 2.75) is 59.4 Å². The van der Waals surface area contributed by atoms with E-state index in [2.05, 4.69) is 31.3 Å². The third kappa shape index (κ3) is 4.23. The topological polar surface area (TPSA) is 38.3 Å². The summed E-state index contributed by atoms with van der Waals surface area (Å²) in [7, 11) is 0. The minimum absolute atomic E-state index is 0.00637. The molecule has 3 heteroatoms. The number of amides is 1. The number of carbonyl (C=O) groups is 1. The highest BCUT2D eigenvalue weighted by atomic mass is 16.5. The van der Waals surface area contributed by atoms with Crippen LogP contribution in [0.25, 0.3) is 0 Å². The molecular weight excluding hydrogens is 262 g/mol. The highest BCUT2D eigenvalue weighted by Gasteiger charge is 2.22. The third-order valence-corrected chi connectivity index (χ3v) is 4.41. The number of rotatable bonds is 4.